The van der Waals surface area contributed by atoms with Crippen LogP contribution in [0.25, 0.3) is 10.7 Å². The van der Waals surface area contributed by atoms with Crippen LogP contribution in [0.15, 0.2) is 33.5 Å². The topological polar surface area (TPSA) is 59.2 Å². The minimum atomic E-state index is 0.151. The van der Waals surface area contributed by atoms with Crippen molar-refractivity contribution < 1.29 is 9.32 Å². The highest BCUT2D eigenvalue weighted by molar-refractivity contribution is 7.13. The summed E-state index contributed by atoms with van der Waals surface area (Å²) in [5.41, 5.74) is 1.28. The van der Waals surface area contributed by atoms with E-state index in [-0.39, 0.29) is 5.91 Å². The van der Waals surface area contributed by atoms with Gasteiger partial charge in [0.1, 0.15) is 0 Å². The molecule has 0 aliphatic carbocycles. The Hall–Kier alpha value is -1.99. The van der Waals surface area contributed by atoms with E-state index in [9.17, 15) is 4.79 Å². The first-order chi connectivity index (χ1) is 11.3. The van der Waals surface area contributed by atoms with Crippen LogP contribution in [0.1, 0.15) is 22.8 Å². The molecule has 1 aliphatic heterocycles. The highest BCUT2D eigenvalue weighted by atomic mass is 32.1. The number of amides is 1. The molecular formula is C16H15N3O2S2. The maximum absolute atomic E-state index is 12.4. The predicted octanol–water partition coefficient (Wildman–Crippen LogP) is 3.38. The van der Waals surface area contributed by atoms with E-state index in [1.54, 1.807) is 22.7 Å². The molecule has 4 heterocycles. The minimum absolute atomic E-state index is 0.151. The quantitative estimate of drug-likeness (QED) is 0.727. The molecule has 7 heteroatoms. The molecule has 1 aliphatic rings. The largest absolute Gasteiger partial charge is 0.339 e. The Morgan fingerprint density at radius 1 is 1.30 bits per heavy atom. The van der Waals surface area contributed by atoms with Gasteiger partial charge in [-0.3, -0.25) is 4.79 Å². The Morgan fingerprint density at radius 3 is 3.13 bits per heavy atom. The van der Waals surface area contributed by atoms with E-state index in [4.69, 9.17) is 4.52 Å². The van der Waals surface area contributed by atoms with Gasteiger partial charge in [-0.2, -0.15) is 4.98 Å². The summed E-state index contributed by atoms with van der Waals surface area (Å²) in [6.45, 7) is 1.53. The lowest BCUT2D eigenvalue weighted by molar-refractivity contribution is -0.132. The molecule has 118 valence electrons. The number of rotatable bonds is 4. The molecule has 0 unspecified atom stereocenters. The van der Waals surface area contributed by atoms with E-state index in [0.717, 1.165) is 24.4 Å². The molecular weight excluding hydrogens is 330 g/mol. The second-order valence-corrected chi connectivity index (χ2v) is 7.37. The molecule has 0 fully saturated rings. The molecule has 0 saturated carbocycles. The first kappa shape index (κ1) is 14.6. The molecule has 5 nitrogen and oxygen atoms in total. The van der Waals surface area contributed by atoms with Crippen molar-refractivity contribution in [1.29, 1.82) is 0 Å². The van der Waals surface area contributed by atoms with Gasteiger partial charge in [-0.15, -0.1) is 22.7 Å². The molecule has 0 bridgehead atoms. The summed E-state index contributed by atoms with van der Waals surface area (Å²) < 4.78 is 5.25. The van der Waals surface area contributed by atoms with Crippen molar-refractivity contribution in [3.63, 3.8) is 0 Å². The first-order valence-corrected chi connectivity index (χ1v) is 9.25. The van der Waals surface area contributed by atoms with Crippen LogP contribution in [0, 0.1) is 0 Å². The van der Waals surface area contributed by atoms with Gasteiger partial charge in [0.05, 0.1) is 4.88 Å². The summed E-state index contributed by atoms with van der Waals surface area (Å²) in [5, 5.41) is 8.05. The Kier molecular flexibility index (Phi) is 3.97. The highest BCUT2D eigenvalue weighted by Gasteiger charge is 2.22. The number of carbonyl (C=O) groups is 1. The molecule has 0 spiro atoms. The van der Waals surface area contributed by atoms with Crippen LogP contribution in [0.5, 0.6) is 0 Å². The smallest absolute Gasteiger partial charge is 0.227 e. The number of hydrogen-bond donors (Lipinski definition) is 0. The average molecular weight is 345 g/mol. The van der Waals surface area contributed by atoms with Crippen LogP contribution >= 0.6 is 22.7 Å². The lowest BCUT2D eigenvalue weighted by Crippen LogP contribution is -2.35. The molecule has 0 N–H and O–H groups in total. The summed E-state index contributed by atoms with van der Waals surface area (Å²) in [6, 6.07) is 6.02. The van der Waals surface area contributed by atoms with Crippen LogP contribution in [0.2, 0.25) is 0 Å². The van der Waals surface area contributed by atoms with E-state index in [1.165, 1.54) is 10.4 Å². The lowest BCUT2D eigenvalue weighted by atomic mass is 10.1. The summed E-state index contributed by atoms with van der Waals surface area (Å²) in [4.78, 5) is 21.1. The van der Waals surface area contributed by atoms with Crippen molar-refractivity contribution in [2.45, 2.75) is 25.8 Å². The number of aromatic nitrogens is 2. The molecule has 0 saturated heterocycles. The zero-order valence-electron chi connectivity index (χ0n) is 12.4. The van der Waals surface area contributed by atoms with E-state index < -0.39 is 0 Å². The first-order valence-electron chi connectivity index (χ1n) is 7.49. The lowest BCUT2D eigenvalue weighted by Gasteiger charge is -2.26. The summed E-state index contributed by atoms with van der Waals surface area (Å²) in [5.74, 6) is 1.27. The van der Waals surface area contributed by atoms with Crippen molar-refractivity contribution in [1.82, 2.24) is 15.0 Å². The Bertz CT molecular complexity index is 807. The number of aryl methyl sites for hydroxylation is 1. The molecule has 0 radical (unpaired) electrons. The van der Waals surface area contributed by atoms with E-state index in [2.05, 4.69) is 21.6 Å². The van der Waals surface area contributed by atoms with Crippen molar-refractivity contribution in [2.24, 2.45) is 0 Å². The van der Waals surface area contributed by atoms with Crippen molar-refractivity contribution >= 4 is 28.6 Å². The van der Waals surface area contributed by atoms with Crippen LogP contribution in [0.3, 0.4) is 0 Å². The zero-order chi connectivity index (χ0) is 15.6. The van der Waals surface area contributed by atoms with Gasteiger partial charge in [-0.1, -0.05) is 11.2 Å². The van der Waals surface area contributed by atoms with Gasteiger partial charge < -0.3 is 9.42 Å². The monoisotopic (exact) mass is 345 g/mol. The molecule has 4 rings (SSSR count). The molecule has 3 aromatic heterocycles. The minimum Gasteiger partial charge on any atom is -0.339 e. The molecule has 3 aromatic rings. The second-order valence-electron chi connectivity index (χ2n) is 5.42. The van der Waals surface area contributed by atoms with Gasteiger partial charge in [0, 0.05) is 30.8 Å². The van der Waals surface area contributed by atoms with Crippen molar-refractivity contribution in [2.75, 3.05) is 6.54 Å². The fraction of sp³-hybridized carbons (Fsp3) is 0.312. The standard InChI is InChI=1S/C16H15N3O2S2/c20-15(19-7-5-12-11(10-19)6-9-23-12)4-3-14-17-16(18-21-14)13-2-1-8-22-13/h1-2,6,8-9H,3-5,7,10H2. The maximum Gasteiger partial charge on any atom is 0.227 e. The third-order valence-corrected chi connectivity index (χ3v) is 5.81. The number of nitrogens with zero attached hydrogens (tertiary/aromatic N) is 3. The zero-order valence-corrected chi connectivity index (χ0v) is 14.0. The molecule has 1 amide bonds. The van der Waals surface area contributed by atoms with E-state index in [1.807, 2.05) is 22.4 Å². The van der Waals surface area contributed by atoms with Gasteiger partial charge in [-0.05, 0) is 34.9 Å². The predicted molar refractivity (Wildman–Crippen MR) is 89.4 cm³/mol. The van der Waals surface area contributed by atoms with Crippen LogP contribution in [-0.4, -0.2) is 27.5 Å². The third-order valence-electron chi connectivity index (χ3n) is 3.92. The van der Waals surface area contributed by atoms with Gasteiger partial charge in [0.2, 0.25) is 17.6 Å². The van der Waals surface area contributed by atoms with Gasteiger partial charge >= 0.3 is 0 Å². The normalized spacial score (nSPS) is 14.0. The number of fused-ring (bicyclic) bond motifs is 1. The highest BCUT2D eigenvalue weighted by Crippen LogP contribution is 2.25. The summed E-state index contributed by atoms with van der Waals surface area (Å²) in [6.07, 6.45) is 1.86. The number of carbonyl (C=O) groups excluding carboxylic acids is 1. The Labute approximate surface area is 141 Å². The van der Waals surface area contributed by atoms with Gasteiger partial charge in [0.15, 0.2) is 0 Å². The molecule has 0 aromatic carbocycles. The SMILES string of the molecule is O=C(CCc1nc(-c2cccs2)no1)N1CCc2sccc2C1. The van der Waals surface area contributed by atoms with Gasteiger partial charge in [0.25, 0.3) is 0 Å². The third kappa shape index (κ3) is 3.07. The fourth-order valence-corrected chi connectivity index (χ4v) is 4.23. The van der Waals surface area contributed by atoms with Crippen LogP contribution < -0.4 is 0 Å². The number of hydrogen-bond acceptors (Lipinski definition) is 6. The van der Waals surface area contributed by atoms with Crippen LogP contribution in [-0.2, 0) is 24.2 Å². The van der Waals surface area contributed by atoms with E-state index in [0.29, 0.717) is 24.6 Å². The van der Waals surface area contributed by atoms with Crippen molar-refractivity contribution in [3.8, 4) is 10.7 Å². The Morgan fingerprint density at radius 2 is 2.26 bits per heavy atom. The fourth-order valence-electron chi connectivity index (χ4n) is 2.70. The maximum atomic E-state index is 12.4. The average Bonchev–Trinajstić information content (AvgIpc) is 3.32. The van der Waals surface area contributed by atoms with E-state index >= 15 is 0 Å². The Balaban J connectivity index is 1.35. The molecule has 23 heavy (non-hydrogen) atoms. The van der Waals surface area contributed by atoms with Crippen LogP contribution in [0.4, 0.5) is 0 Å². The van der Waals surface area contributed by atoms with Gasteiger partial charge in [-0.25, -0.2) is 0 Å². The van der Waals surface area contributed by atoms with Crippen molar-refractivity contribution in [3.05, 3.63) is 45.3 Å². The summed E-state index contributed by atoms with van der Waals surface area (Å²) in [7, 11) is 0. The second kappa shape index (κ2) is 6.25. The molecule has 0 atom stereocenters. The number of thiophene rings is 2. The summed E-state index contributed by atoms with van der Waals surface area (Å²) >= 11 is 3.35.